The van der Waals surface area contributed by atoms with Gasteiger partial charge >= 0.3 is 6.18 Å². The van der Waals surface area contributed by atoms with Crippen molar-refractivity contribution in [1.29, 1.82) is 0 Å². The van der Waals surface area contributed by atoms with Gasteiger partial charge in [-0.25, -0.2) is 0 Å². The first-order valence-electron chi connectivity index (χ1n) is 12.0. The molecule has 0 saturated heterocycles. The molecule has 0 aliphatic rings. The number of alkyl halides is 3. The first-order valence-corrected chi connectivity index (χ1v) is 12.0. The van der Waals surface area contributed by atoms with E-state index in [0.717, 1.165) is 41.6 Å². The highest BCUT2D eigenvalue weighted by atomic mass is 19.4. The van der Waals surface area contributed by atoms with Gasteiger partial charge in [-0.05, 0) is 42.3 Å². The number of aromatic nitrogens is 1. The Hall–Kier alpha value is -2.47. The predicted octanol–water partition coefficient (Wildman–Crippen LogP) is 8.39. The number of hydrogen-bond donors (Lipinski definition) is 1. The van der Waals surface area contributed by atoms with Crippen molar-refractivity contribution < 1.29 is 22.6 Å². The molecule has 3 rings (SSSR count). The van der Waals surface area contributed by atoms with Crippen molar-refractivity contribution in [2.45, 2.75) is 64.5 Å². The number of ether oxygens (including phenoxy) is 2. The van der Waals surface area contributed by atoms with Gasteiger partial charge in [0.05, 0.1) is 12.2 Å². The Labute approximate surface area is 194 Å². The summed E-state index contributed by atoms with van der Waals surface area (Å²) < 4.78 is 50.5. The molecule has 180 valence electrons. The lowest BCUT2D eigenvalue weighted by Crippen LogP contribution is -2.08. The van der Waals surface area contributed by atoms with Crippen molar-refractivity contribution in [3.8, 4) is 16.9 Å². The first-order chi connectivity index (χ1) is 16.0. The maximum absolute atomic E-state index is 12.9. The number of benzene rings is 2. The van der Waals surface area contributed by atoms with Crippen LogP contribution in [0.2, 0.25) is 0 Å². The Morgan fingerprint density at radius 1 is 0.788 bits per heavy atom. The van der Waals surface area contributed by atoms with Crippen molar-refractivity contribution >= 4 is 10.9 Å². The highest BCUT2D eigenvalue weighted by Crippen LogP contribution is 2.36. The summed E-state index contributed by atoms with van der Waals surface area (Å²) in [5.74, 6) is 0.637. The van der Waals surface area contributed by atoms with Crippen molar-refractivity contribution in [1.82, 2.24) is 4.98 Å². The van der Waals surface area contributed by atoms with E-state index >= 15 is 0 Å². The van der Waals surface area contributed by atoms with E-state index in [9.17, 15) is 13.2 Å². The fourth-order valence-corrected chi connectivity index (χ4v) is 3.91. The van der Waals surface area contributed by atoms with Crippen LogP contribution >= 0.6 is 0 Å². The zero-order valence-electron chi connectivity index (χ0n) is 19.3. The van der Waals surface area contributed by atoms with E-state index in [-0.39, 0.29) is 0 Å². The van der Waals surface area contributed by atoms with E-state index < -0.39 is 11.7 Å². The van der Waals surface area contributed by atoms with Gasteiger partial charge < -0.3 is 14.5 Å². The second kappa shape index (κ2) is 12.7. The maximum Gasteiger partial charge on any atom is 0.416 e. The number of hydrogen-bond acceptors (Lipinski definition) is 2. The zero-order chi connectivity index (χ0) is 23.5. The first kappa shape index (κ1) is 25.2. The van der Waals surface area contributed by atoms with Gasteiger partial charge in [-0.3, -0.25) is 0 Å². The molecule has 1 aromatic heterocycles. The summed E-state index contributed by atoms with van der Waals surface area (Å²) in [6, 6.07) is 10.9. The van der Waals surface area contributed by atoms with Crippen LogP contribution < -0.4 is 4.74 Å². The molecule has 0 spiro atoms. The molecule has 0 atom stereocenters. The number of fused-ring (bicyclic) bond motifs is 1. The van der Waals surface area contributed by atoms with E-state index in [1.54, 1.807) is 0 Å². The van der Waals surface area contributed by atoms with Gasteiger partial charge in [0.1, 0.15) is 12.4 Å². The lowest BCUT2D eigenvalue weighted by atomic mass is 10.0. The molecule has 0 amide bonds. The molecule has 0 aliphatic heterocycles. The monoisotopic (exact) mass is 461 g/mol. The Kier molecular flexibility index (Phi) is 9.67. The third-order valence-electron chi connectivity index (χ3n) is 5.80. The van der Waals surface area contributed by atoms with Crippen molar-refractivity contribution in [2.24, 2.45) is 0 Å². The minimum Gasteiger partial charge on any atom is -0.491 e. The third-order valence-corrected chi connectivity index (χ3v) is 5.80. The van der Waals surface area contributed by atoms with Crippen LogP contribution in [0.3, 0.4) is 0 Å². The Bertz CT molecular complexity index is 964. The summed E-state index contributed by atoms with van der Waals surface area (Å²) in [4.78, 5) is 3.15. The number of H-pyrrole nitrogens is 1. The molecule has 0 saturated carbocycles. The molecule has 3 nitrogen and oxygen atoms in total. The molecular weight excluding hydrogens is 427 g/mol. The average molecular weight is 462 g/mol. The summed E-state index contributed by atoms with van der Waals surface area (Å²) in [5.41, 5.74) is 1.67. The number of halogens is 3. The fraction of sp³-hybridized carbons (Fsp3) is 0.481. The van der Waals surface area contributed by atoms with Crippen LogP contribution in [0.5, 0.6) is 5.75 Å². The molecule has 6 heteroatoms. The van der Waals surface area contributed by atoms with Crippen LogP contribution in [-0.4, -0.2) is 24.8 Å². The van der Waals surface area contributed by atoms with E-state index in [0.29, 0.717) is 24.5 Å². The van der Waals surface area contributed by atoms with Crippen LogP contribution in [0.1, 0.15) is 63.9 Å². The number of unbranched alkanes of at least 4 members (excludes halogenated alkanes) is 7. The summed E-state index contributed by atoms with van der Waals surface area (Å²) in [6.45, 7) is 3.82. The van der Waals surface area contributed by atoms with Crippen LogP contribution in [0.4, 0.5) is 13.2 Å². The normalized spacial score (nSPS) is 11.9. The standard InChI is InChI=1S/C27H34F3NO2/c1-2-3-4-5-6-7-8-9-16-32-17-18-33-26-19-22-14-15-31-25(22)20-24(26)21-10-12-23(13-11-21)27(28,29)30/h10-15,19-20,31H,2-9,16-18H2,1H3. The van der Waals surface area contributed by atoms with Crippen molar-refractivity contribution in [2.75, 3.05) is 19.8 Å². The smallest absolute Gasteiger partial charge is 0.416 e. The Morgan fingerprint density at radius 3 is 2.18 bits per heavy atom. The van der Waals surface area contributed by atoms with E-state index in [4.69, 9.17) is 9.47 Å². The quantitative estimate of drug-likeness (QED) is 0.245. The fourth-order valence-electron chi connectivity index (χ4n) is 3.91. The number of rotatable bonds is 14. The molecule has 0 unspecified atom stereocenters. The highest BCUT2D eigenvalue weighted by molar-refractivity contribution is 5.88. The van der Waals surface area contributed by atoms with Gasteiger partial charge in [0.15, 0.2) is 0 Å². The summed E-state index contributed by atoms with van der Waals surface area (Å²) in [7, 11) is 0. The Morgan fingerprint density at radius 2 is 1.48 bits per heavy atom. The maximum atomic E-state index is 12.9. The lowest BCUT2D eigenvalue weighted by molar-refractivity contribution is -0.137. The van der Waals surface area contributed by atoms with Gasteiger partial charge in [-0.1, -0.05) is 64.0 Å². The predicted molar refractivity (Wildman–Crippen MR) is 128 cm³/mol. The molecule has 0 radical (unpaired) electrons. The highest BCUT2D eigenvalue weighted by Gasteiger charge is 2.30. The topological polar surface area (TPSA) is 34.2 Å². The van der Waals surface area contributed by atoms with Gasteiger partial charge in [0, 0.05) is 29.3 Å². The SMILES string of the molecule is CCCCCCCCCCOCCOc1cc2cc[nH]c2cc1-c1ccc(C(F)(F)F)cc1. The summed E-state index contributed by atoms with van der Waals surface area (Å²) >= 11 is 0. The zero-order valence-corrected chi connectivity index (χ0v) is 19.3. The van der Waals surface area contributed by atoms with E-state index in [2.05, 4.69) is 11.9 Å². The third kappa shape index (κ3) is 7.81. The molecule has 0 aliphatic carbocycles. The number of aromatic amines is 1. The average Bonchev–Trinajstić information content (AvgIpc) is 3.26. The van der Waals surface area contributed by atoms with Crippen LogP contribution in [-0.2, 0) is 10.9 Å². The summed E-state index contributed by atoms with van der Waals surface area (Å²) in [5, 5.41) is 0.987. The lowest BCUT2D eigenvalue weighted by Gasteiger charge is -2.14. The molecule has 0 bridgehead atoms. The second-order valence-electron chi connectivity index (χ2n) is 8.42. The van der Waals surface area contributed by atoms with Crippen LogP contribution in [0.25, 0.3) is 22.0 Å². The minimum absolute atomic E-state index is 0.389. The molecule has 0 fully saturated rings. The largest absolute Gasteiger partial charge is 0.491 e. The second-order valence-corrected chi connectivity index (χ2v) is 8.42. The van der Waals surface area contributed by atoms with E-state index in [1.165, 1.54) is 57.1 Å². The molecule has 2 aromatic carbocycles. The molecule has 3 aromatic rings. The van der Waals surface area contributed by atoms with E-state index in [1.807, 2.05) is 24.4 Å². The number of nitrogens with one attached hydrogen (secondary N) is 1. The van der Waals surface area contributed by atoms with Crippen LogP contribution in [0, 0.1) is 0 Å². The summed E-state index contributed by atoms with van der Waals surface area (Å²) in [6.07, 6.45) is 7.57. The van der Waals surface area contributed by atoms with Gasteiger partial charge in [0.2, 0.25) is 0 Å². The van der Waals surface area contributed by atoms with Crippen molar-refractivity contribution in [3.63, 3.8) is 0 Å². The minimum atomic E-state index is -4.35. The molecule has 1 N–H and O–H groups in total. The van der Waals surface area contributed by atoms with Gasteiger partial charge in [-0.15, -0.1) is 0 Å². The van der Waals surface area contributed by atoms with Crippen molar-refractivity contribution in [3.05, 3.63) is 54.2 Å². The van der Waals surface area contributed by atoms with Crippen LogP contribution in [0.15, 0.2) is 48.7 Å². The van der Waals surface area contributed by atoms with Gasteiger partial charge in [-0.2, -0.15) is 13.2 Å². The van der Waals surface area contributed by atoms with Gasteiger partial charge in [0.25, 0.3) is 0 Å². The molecule has 33 heavy (non-hydrogen) atoms. The molecule has 1 heterocycles. The Balaban J connectivity index is 1.49. The molecular formula is C27H34F3NO2.